The van der Waals surface area contributed by atoms with Gasteiger partial charge in [-0.25, -0.2) is 0 Å². The fourth-order valence-electron chi connectivity index (χ4n) is 2.89. The van der Waals surface area contributed by atoms with Gasteiger partial charge in [0.2, 0.25) is 0 Å². The van der Waals surface area contributed by atoms with Gasteiger partial charge in [0, 0.05) is 23.7 Å². The first-order valence-electron chi connectivity index (χ1n) is 7.41. The van der Waals surface area contributed by atoms with Crippen molar-refractivity contribution in [2.75, 3.05) is 11.9 Å². The molecule has 2 atom stereocenters. The molecule has 1 aromatic rings. The minimum absolute atomic E-state index is 0.0332. The first kappa shape index (κ1) is 15.5. The van der Waals surface area contributed by atoms with E-state index < -0.39 is 5.97 Å². The summed E-state index contributed by atoms with van der Waals surface area (Å²) >= 11 is 0. The Labute approximate surface area is 124 Å². The molecule has 1 saturated carbocycles. The highest BCUT2D eigenvalue weighted by molar-refractivity contribution is 6.01. The van der Waals surface area contributed by atoms with Crippen molar-refractivity contribution < 1.29 is 14.7 Å². The third kappa shape index (κ3) is 4.29. The zero-order valence-electron chi connectivity index (χ0n) is 12.0. The average Bonchev–Trinajstić information content (AvgIpc) is 2.47. The van der Waals surface area contributed by atoms with Gasteiger partial charge in [0.25, 0.3) is 0 Å². The predicted octanol–water partition coefficient (Wildman–Crippen LogP) is 2.27. The molecule has 0 heterocycles. The van der Waals surface area contributed by atoms with Crippen LogP contribution in [0.5, 0.6) is 0 Å². The summed E-state index contributed by atoms with van der Waals surface area (Å²) in [7, 11) is 0. The van der Waals surface area contributed by atoms with Crippen LogP contribution in [0.25, 0.3) is 0 Å². The number of carbonyl (C=O) groups excluding carboxylic acids is 1. The number of carboxylic acids is 1. The number of aliphatic carboxylic acids is 1. The van der Waals surface area contributed by atoms with Crippen LogP contribution in [0.3, 0.4) is 0 Å². The van der Waals surface area contributed by atoms with E-state index in [-0.39, 0.29) is 24.3 Å². The molecular formula is C16H22N2O3. The molecule has 4 N–H and O–H groups in total. The number of ketones is 1. The van der Waals surface area contributed by atoms with E-state index >= 15 is 0 Å². The monoisotopic (exact) mass is 290 g/mol. The summed E-state index contributed by atoms with van der Waals surface area (Å²) in [5, 5.41) is 11.5. The second kappa shape index (κ2) is 7.22. The van der Waals surface area contributed by atoms with Gasteiger partial charge in [0.1, 0.15) is 6.54 Å². The van der Waals surface area contributed by atoms with E-state index in [9.17, 15) is 9.59 Å². The van der Waals surface area contributed by atoms with Crippen LogP contribution in [0.2, 0.25) is 0 Å². The Balaban J connectivity index is 2.06. The maximum absolute atomic E-state index is 12.5. The Hall–Kier alpha value is -1.88. The van der Waals surface area contributed by atoms with Crippen LogP contribution >= 0.6 is 0 Å². The standard InChI is InChI=1S/C16H22N2O3/c17-13-7-3-1-5-11(13)9-15(19)12-6-2-4-8-14(12)18-10-16(20)21/h2,4,6,8,11,13,18H,1,3,5,7,9-10,17H2,(H,20,21). The van der Waals surface area contributed by atoms with E-state index in [0.29, 0.717) is 17.7 Å². The number of Topliss-reactive ketones (excluding diaryl/α,β-unsaturated/α-hetero) is 1. The molecule has 0 amide bonds. The molecule has 0 bridgehead atoms. The maximum Gasteiger partial charge on any atom is 0.322 e. The van der Waals surface area contributed by atoms with Crippen LogP contribution in [-0.4, -0.2) is 29.4 Å². The molecule has 1 aliphatic rings. The second-order valence-corrected chi connectivity index (χ2v) is 5.63. The van der Waals surface area contributed by atoms with Crippen molar-refractivity contribution in [3.05, 3.63) is 29.8 Å². The van der Waals surface area contributed by atoms with Crippen molar-refractivity contribution in [1.82, 2.24) is 0 Å². The molecule has 0 aromatic heterocycles. The number of nitrogens with two attached hydrogens (primary N) is 1. The zero-order valence-corrected chi connectivity index (χ0v) is 12.0. The SMILES string of the molecule is NC1CCCCC1CC(=O)c1ccccc1NCC(=O)O. The van der Waals surface area contributed by atoms with Crippen LogP contribution in [0, 0.1) is 5.92 Å². The smallest absolute Gasteiger partial charge is 0.322 e. The molecule has 5 nitrogen and oxygen atoms in total. The van der Waals surface area contributed by atoms with Gasteiger partial charge in [-0.3, -0.25) is 9.59 Å². The molecule has 0 radical (unpaired) electrons. The Bertz CT molecular complexity index is 516. The van der Waals surface area contributed by atoms with Gasteiger partial charge in [-0.1, -0.05) is 25.0 Å². The average molecular weight is 290 g/mol. The van der Waals surface area contributed by atoms with Crippen molar-refractivity contribution in [2.24, 2.45) is 11.7 Å². The number of para-hydroxylation sites is 1. The van der Waals surface area contributed by atoms with Gasteiger partial charge in [-0.2, -0.15) is 0 Å². The fourth-order valence-corrected chi connectivity index (χ4v) is 2.89. The normalized spacial score (nSPS) is 21.8. The highest BCUT2D eigenvalue weighted by atomic mass is 16.4. The summed E-state index contributed by atoms with van der Waals surface area (Å²) < 4.78 is 0. The van der Waals surface area contributed by atoms with Crippen molar-refractivity contribution in [1.29, 1.82) is 0 Å². The van der Waals surface area contributed by atoms with Crippen molar-refractivity contribution in [2.45, 2.75) is 38.1 Å². The summed E-state index contributed by atoms with van der Waals surface area (Å²) in [6, 6.07) is 7.15. The number of anilines is 1. The van der Waals surface area contributed by atoms with Crippen LogP contribution in [0.15, 0.2) is 24.3 Å². The summed E-state index contributed by atoms with van der Waals surface area (Å²) in [4.78, 5) is 23.1. The number of carbonyl (C=O) groups is 2. The second-order valence-electron chi connectivity index (χ2n) is 5.63. The number of hydrogen-bond acceptors (Lipinski definition) is 4. The molecule has 1 fully saturated rings. The van der Waals surface area contributed by atoms with Gasteiger partial charge in [-0.15, -0.1) is 0 Å². The number of carboxylic acid groups (broad SMARTS) is 1. The molecule has 0 saturated heterocycles. The lowest BCUT2D eigenvalue weighted by Crippen LogP contribution is -2.34. The number of nitrogens with one attached hydrogen (secondary N) is 1. The van der Waals surface area contributed by atoms with Crippen LogP contribution < -0.4 is 11.1 Å². The lowest BCUT2D eigenvalue weighted by molar-refractivity contribution is -0.134. The number of rotatable bonds is 6. The number of hydrogen-bond donors (Lipinski definition) is 3. The van der Waals surface area contributed by atoms with Gasteiger partial charge in [0.15, 0.2) is 5.78 Å². The number of benzene rings is 1. The minimum Gasteiger partial charge on any atom is -0.480 e. The first-order valence-corrected chi connectivity index (χ1v) is 7.41. The third-order valence-corrected chi connectivity index (χ3v) is 4.07. The fraction of sp³-hybridized carbons (Fsp3) is 0.500. The summed E-state index contributed by atoms with van der Waals surface area (Å²) in [6.45, 7) is -0.201. The van der Waals surface area contributed by atoms with E-state index in [1.807, 2.05) is 0 Å². The lowest BCUT2D eigenvalue weighted by Gasteiger charge is -2.28. The van der Waals surface area contributed by atoms with E-state index in [1.54, 1.807) is 24.3 Å². The Morgan fingerprint density at radius 2 is 1.95 bits per heavy atom. The molecule has 0 aliphatic heterocycles. The zero-order chi connectivity index (χ0) is 15.2. The molecule has 21 heavy (non-hydrogen) atoms. The lowest BCUT2D eigenvalue weighted by atomic mass is 9.81. The maximum atomic E-state index is 12.5. The molecule has 2 unspecified atom stereocenters. The summed E-state index contributed by atoms with van der Waals surface area (Å²) in [5.41, 5.74) is 7.23. The van der Waals surface area contributed by atoms with E-state index in [2.05, 4.69) is 5.32 Å². The first-order chi connectivity index (χ1) is 10.1. The van der Waals surface area contributed by atoms with E-state index in [4.69, 9.17) is 10.8 Å². The molecule has 0 spiro atoms. The summed E-state index contributed by atoms with van der Waals surface area (Å²) in [5.74, 6) is -0.684. The Kier molecular flexibility index (Phi) is 5.33. The highest BCUT2D eigenvalue weighted by Gasteiger charge is 2.25. The molecule has 2 rings (SSSR count). The Morgan fingerprint density at radius 3 is 2.67 bits per heavy atom. The third-order valence-electron chi connectivity index (χ3n) is 4.07. The summed E-state index contributed by atoms with van der Waals surface area (Å²) in [6.07, 6.45) is 4.69. The molecule has 1 aromatic carbocycles. The van der Waals surface area contributed by atoms with Gasteiger partial charge >= 0.3 is 5.97 Å². The molecule has 1 aliphatic carbocycles. The van der Waals surface area contributed by atoms with Crippen LogP contribution in [0.1, 0.15) is 42.5 Å². The van der Waals surface area contributed by atoms with Crippen molar-refractivity contribution in [3.8, 4) is 0 Å². The van der Waals surface area contributed by atoms with Crippen LogP contribution in [-0.2, 0) is 4.79 Å². The molecule has 5 heteroatoms. The van der Waals surface area contributed by atoms with Crippen molar-refractivity contribution >= 4 is 17.4 Å². The topological polar surface area (TPSA) is 92.4 Å². The molecular weight excluding hydrogens is 268 g/mol. The van der Waals surface area contributed by atoms with E-state index in [0.717, 1.165) is 25.7 Å². The Morgan fingerprint density at radius 1 is 1.24 bits per heavy atom. The van der Waals surface area contributed by atoms with Gasteiger partial charge in [0.05, 0.1) is 0 Å². The minimum atomic E-state index is -0.952. The largest absolute Gasteiger partial charge is 0.480 e. The quantitative estimate of drug-likeness (QED) is 0.699. The van der Waals surface area contributed by atoms with Gasteiger partial charge < -0.3 is 16.2 Å². The van der Waals surface area contributed by atoms with E-state index in [1.165, 1.54) is 0 Å². The van der Waals surface area contributed by atoms with Crippen LogP contribution in [0.4, 0.5) is 5.69 Å². The van der Waals surface area contributed by atoms with Gasteiger partial charge in [-0.05, 0) is 30.9 Å². The van der Waals surface area contributed by atoms with Crippen molar-refractivity contribution in [3.63, 3.8) is 0 Å². The molecule has 114 valence electrons. The highest BCUT2D eigenvalue weighted by Crippen LogP contribution is 2.28. The predicted molar refractivity (Wildman–Crippen MR) is 81.4 cm³/mol.